The minimum absolute atomic E-state index is 0.0931. The van der Waals surface area contributed by atoms with Gasteiger partial charge in [0.15, 0.2) is 0 Å². The third-order valence-corrected chi connectivity index (χ3v) is 13.3. The summed E-state index contributed by atoms with van der Waals surface area (Å²) in [5.74, 6) is 0. The number of thiophene rings is 2. The van der Waals surface area contributed by atoms with E-state index < -0.39 is 20.0 Å². The lowest BCUT2D eigenvalue weighted by atomic mass is 10.0. The first-order chi connectivity index (χ1) is 23.3. The zero-order valence-electron chi connectivity index (χ0n) is 26.7. The molecule has 5 aromatic rings. The second-order valence-electron chi connectivity index (χ2n) is 11.8. The van der Waals surface area contributed by atoms with Gasteiger partial charge in [0.05, 0.1) is 11.4 Å². The molecular formula is C35H41N5O4S4. The van der Waals surface area contributed by atoms with Crippen LogP contribution in [-0.4, -0.2) is 61.0 Å². The van der Waals surface area contributed by atoms with Crippen molar-refractivity contribution in [3.8, 4) is 0 Å². The van der Waals surface area contributed by atoms with Gasteiger partial charge < -0.3 is 15.5 Å². The number of fused-ring (bicyclic) bond motifs is 1. The van der Waals surface area contributed by atoms with Crippen LogP contribution in [0.15, 0.2) is 99.4 Å². The van der Waals surface area contributed by atoms with Crippen molar-refractivity contribution in [1.82, 2.24) is 14.3 Å². The van der Waals surface area contributed by atoms with Crippen LogP contribution >= 0.6 is 22.7 Å². The summed E-state index contributed by atoms with van der Waals surface area (Å²) in [6, 6.07) is 24.8. The van der Waals surface area contributed by atoms with Crippen LogP contribution in [0.25, 0.3) is 10.8 Å². The second-order valence-corrected chi connectivity index (χ2v) is 17.3. The van der Waals surface area contributed by atoms with Gasteiger partial charge in [0.25, 0.3) is 0 Å². The van der Waals surface area contributed by atoms with Crippen molar-refractivity contribution in [1.29, 1.82) is 0 Å². The topological polar surface area (TPSA) is 120 Å². The third-order valence-electron chi connectivity index (χ3n) is 8.44. The van der Waals surface area contributed by atoms with Gasteiger partial charge in [-0.1, -0.05) is 54.6 Å². The summed E-state index contributed by atoms with van der Waals surface area (Å²) in [4.78, 5) is 4.26. The largest absolute Gasteiger partial charge is 0.383 e. The lowest BCUT2D eigenvalue weighted by Gasteiger charge is -2.21. The molecule has 3 heterocycles. The fourth-order valence-electron chi connectivity index (χ4n) is 5.96. The molecule has 3 aromatic carbocycles. The van der Waals surface area contributed by atoms with Crippen LogP contribution in [-0.2, 0) is 39.4 Å². The molecule has 254 valence electrons. The molecule has 0 aliphatic carbocycles. The van der Waals surface area contributed by atoms with E-state index >= 15 is 0 Å². The number of likely N-dealkylation sites (tertiary alicyclic amines) is 1. The minimum Gasteiger partial charge on any atom is -0.383 e. The number of hydrogen-bond acceptors (Lipinski definition) is 9. The normalized spacial score (nSPS) is 14.1. The van der Waals surface area contributed by atoms with Gasteiger partial charge >= 0.3 is 0 Å². The van der Waals surface area contributed by atoms with Crippen molar-refractivity contribution < 1.29 is 16.8 Å². The lowest BCUT2D eigenvalue weighted by Crippen LogP contribution is -2.30. The fourth-order valence-corrected chi connectivity index (χ4v) is 9.89. The molecule has 1 aliphatic rings. The Balaban J connectivity index is 1.34. The monoisotopic (exact) mass is 723 g/mol. The van der Waals surface area contributed by atoms with E-state index in [9.17, 15) is 16.8 Å². The number of rotatable bonds is 17. The van der Waals surface area contributed by atoms with Gasteiger partial charge in [0.2, 0.25) is 20.0 Å². The van der Waals surface area contributed by atoms with Gasteiger partial charge in [-0.2, -0.15) is 0 Å². The number of hydrogen-bond donors (Lipinski definition) is 4. The highest BCUT2D eigenvalue weighted by Gasteiger charge is 2.27. The summed E-state index contributed by atoms with van der Waals surface area (Å²) in [5, 5.41) is 12.8. The molecule has 4 N–H and O–H groups in total. The van der Waals surface area contributed by atoms with Gasteiger partial charge in [0, 0.05) is 42.5 Å². The van der Waals surface area contributed by atoms with E-state index in [-0.39, 0.29) is 22.9 Å². The number of benzene rings is 3. The van der Waals surface area contributed by atoms with Crippen molar-refractivity contribution in [2.24, 2.45) is 0 Å². The standard InChI is InChI=1S/C35H41N5O4S4/c41-47(42,38-16-14-29-11-6-22-45-29)34-25-35(48(43,44)39-17-15-30-12-7-23-46-30)33(24-32(34)36-18-21-40-19-3-4-20-40)37-26-28-10-5-9-27-8-1-2-13-31(27)28/h1-2,5-13,22-25,36-39H,3-4,14-21,26H2. The van der Waals surface area contributed by atoms with Gasteiger partial charge in [-0.15, -0.1) is 22.7 Å². The molecular weight excluding hydrogens is 683 g/mol. The van der Waals surface area contributed by atoms with Crippen molar-refractivity contribution in [3.63, 3.8) is 0 Å². The molecule has 9 nitrogen and oxygen atoms in total. The Bertz CT molecular complexity index is 2000. The van der Waals surface area contributed by atoms with Crippen molar-refractivity contribution in [3.05, 3.63) is 105 Å². The first-order valence-corrected chi connectivity index (χ1v) is 20.9. The van der Waals surface area contributed by atoms with E-state index in [1.54, 1.807) is 28.7 Å². The maximum Gasteiger partial charge on any atom is 0.242 e. The van der Waals surface area contributed by atoms with Gasteiger partial charge in [-0.25, -0.2) is 26.3 Å². The second kappa shape index (κ2) is 15.9. The molecule has 6 rings (SSSR count). The zero-order valence-corrected chi connectivity index (χ0v) is 29.9. The molecule has 0 bridgehead atoms. The molecule has 0 radical (unpaired) electrons. The SMILES string of the molecule is O=S(=O)(NCCc1cccs1)c1cc(S(=O)(=O)NCCc2cccs2)c(NCc2cccc3ccccc23)cc1NCCN1CCCC1. The van der Waals surface area contributed by atoms with Crippen LogP contribution in [0.4, 0.5) is 11.4 Å². The van der Waals surface area contributed by atoms with Gasteiger partial charge in [0.1, 0.15) is 9.79 Å². The Labute approximate surface area is 291 Å². The fraction of sp³-hybridized carbons (Fsp3) is 0.314. The maximum atomic E-state index is 14.0. The molecule has 0 saturated carbocycles. The van der Waals surface area contributed by atoms with Crippen LogP contribution < -0.4 is 20.1 Å². The van der Waals surface area contributed by atoms with E-state index in [1.807, 2.05) is 77.5 Å². The zero-order chi connectivity index (χ0) is 33.4. The summed E-state index contributed by atoms with van der Waals surface area (Å²) >= 11 is 3.13. The number of nitrogens with zero attached hydrogens (tertiary/aromatic N) is 1. The van der Waals surface area contributed by atoms with Crippen LogP contribution in [0.5, 0.6) is 0 Å². The minimum atomic E-state index is -4.11. The summed E-state index contributed by atoms with van der Waals surface area (Å²) in [7, 11) is -8.20. The molecule has 1 fully saturated rings. The Morgan fingerprint density at radius 3 is 1.88 bits per heavy atom. The van der Waals surface area contributed by atoms with Crippen LogP contribution in [0, 0.1) is 0 Å². The summed E-state index contributed by atoms with van der Waals surface area (Å²) in [6.07, 6.45) is 3.38. The summed E-state index contributed by atoms with van der Waals surface area (Å²) < 4.78 is 61.2. The Kier molecular flexibility index (Phi) is 11.5. The predicted octanol–water partition coefficient (Wildman–Crippen LogP) is 6.12. The van der Waals surface area contributed by atoms with Gasteiger partial charge in [-0.05, 0) is 90.1 Å². The quantitative estimate of drug-likeness (QED) is 0.0913. The Hall–Kier alpha value is -3.30. The Morgan fingerprint density at radius 2 is 1.25 bits per heavy atom. The van der Waals surface area contributed by atoms with E-state index in [1.165, 1.54) is 6.07 Å². The van der Waals surface area contributed by atoms with E-state index in [2.05, 4.69) is 25.0 Å². The summed E-state index contributed by atoms with van der Waals surface area (Å²) in [6.45, 7) is 4.03. The molecule has 0 atom stereocenters. The molecule has 1 saturated heterocycles. The van der Waals surface area contributed by atoms with Crippen molar-refractivity contribution in [2.45, 2.75) is 42.0 Å². The molecule has 2 aromatic heterocycles. The first kappa shape index (κ1) is 34.6. The summed E-state index contributed by atoms with van der Waals surface area (Å²) in [5.41, 5.74) is 1.68. The molecule has 1 aliphatic heterocycles. The van der Waals surface area contributed by atoms with Crippen LogP contribution in [0.2, 0.25) is 0 Å². The molecule has 0 amide bonds. The number of anilines is 2. The van der Waals surface area contributed by atoms with Crippen LogP contribution in [0.1, 0.15) is 28.2 Å². The highest BCUT2D eigenvalue weighted by atomic mass is 32.2. The highest BCUT2D eigenvalue weighted by Crippen LogP contribution is 2.33. The average Bonchev–Trinajstić information content (AvgIpc) is 3.89. The number of sulfonamides is 2. The molecule has 13 heteroatoms. The predicted molar refractivity (Wildman–Crippen MR) is 198 cm³/mol. The van der Waals surface area contributed by atoms with E-state index in [0.717, 1.165) is 58.6 Å². The highest BCUT2D eigenvalue weighted by molar-refractivity contribution is 7.90. The molecule has 48 heavy (non-hydrogen) atoms. The lowest BCUT2D eigenvalue weighted by molar-refractivity contribution is 0.352. The first-order valence-electron chi connectivity index (χ1n) is 16.2. The van der Waals surface area contributed by atoms with E-state index in [0.29, 0.717) is 37.3 Å². The average molecular weight is 724 g/mol. The van der Waals surface area contributed by atoms with Crippen LogP contribution in [0.3, 0.4) is 0 Å². The molecule has 0 spiro atoms. The number of nitrogens with one attached hydrogen (secondary N) is 4. The maximum absolute atomic E-state index is 14.0. The van der Waals surface area contributed by atoms with E-state index in [4.69, 9.17) is 0 Å². The third kappa shape index (κ3) is 8.83. The van der Waals surface area contributed by atoms with Crippen molar-refractivity contribution in [2.75, 3.05) is 49.9 Å². The molecule has 0 unspecified atom stereocenters. The smallest absolute Gasteiger partial charge is 0.242 e. The Morgan fingerprint density at radius 1 is 0.646 bits per heavy atom. The van der Waals surface area contributed by atoms with Crippen molar-refractivity contribution >= 4 is 64.9 Å². The van der Waals surface area contributed by atoms with Gasteiger partial charge in [-0.3, -0.25) is 0 Å².